The predicted molar refractivity (Wildman–Crippen MR) is 230 cm³/mol. The maximum Gasteiger partial charge on any atom is 0.0855 e. The van der Waals surface area contributed by atoms with E-state index >= 15 is 0 Å². The van der Waals surface area contributed by atoms with E-state index < -0.39 is 21.6 Å². The molecule has 0 aliphatic carbocycles. The SMILES string of the molecule is CC1(Cc2ccccc2)C=C(c2ccccc2)S(=O)C(c2ccccc2)=C1.CC1(Cc2ccccc2)C=C(c2ccccc2)S(=O)C(c2ccccc2)=C1. The van der Waals surface area contributed by atoms with Gasteiger partial charge < -0.3 is 0 Å². The van der Waals surface area contributed by atoms with Crippen LogP contribution in [0.25, 0.3) is 19.6 Å². The van der Waals surface area contributed by atoms with Crippen molar-refractivity contribution in [3.8, 4) is 0 Å². The molecule has 8 rings (SSSR count). The molecule has 0 saturated heterocycles. The highest BCUT2D eigenvalue weighted by molar-refractivity contribution is 8.03. The van der Waals surface area contributed by atoms with Gasteiger partial charge in [0.25, 0.3) is 0 Å². The second-order valence-corrected chi connectivity index (χ2v) is 17.2. The second-order valence-electron chi connectivity index (χ2n) is 14.4. The number of benzene rings is 6. The van der Waals surface area contributed by atoms with Crippen molar-refractivity contribution in [2.75, 3.05) is 0 Å². The Kier molecular flexibility index (Phi) is 11.4. The van der Waals surface area contributed by atoms with Gasteiger partial charge in [-0.1, -0.05) is 220 Å². The maximum absolute atomic E-state index is 13.4. The van der Waals surface area contributed by atoms with Crippen LogP contribution in [0.15, 0.2) is 206 Å². The lowest BCUT2D eigenvalue weighted by molar-refractivity contribution is 0.551. The van der Waals surface area contributed by atoms with E-state index in [1.165, 1.54) is 11.1 Å². The fourth-order valence-electron chi connectivity index (χ4n) is 7.18. The Bertz CT molecular complexity index is 2060. The highest BCUT2D eigenvalue weighted by Crippen LogP contribution is 2.44. The summed E-state index contributed by atoms with van der Waals surface area (Å²) in [5, 5.41) is 0. The van der Waals surface area contributed by atoms with E-state index in [1.807, 2.05) is 133 Å². The van der Waals surface area contributed by atoms with Gasteiger partial charge in [0.05, 0.1) is 21.6 Å². The van der Waals surface area contributed by atoms with E-state index in [2.05, 4.69) is 86.7 Å². The van der Waals surface area contributed by atoms with Crippen LogP contribution in [-0.4, -0.2) is 8.42 Å². The normalized spacial score (nSPS) is 22.0. The summed E-state index contributed by atoms with van der Waals surface area (Å²) in [4.78, 5) is 3.59. The molecule has 0 unspecified atom stereocenters. The molecule has 0 N–H and O–H groups in total. The minimum atomic E-state index is -1.20. The zero-order chi connectivity index (χ0) is 37.4. The average molecular weight is 741 g/mol. The first-order chi connectivity index (χ1) is 26.3. The van der Waals surface area contributed by atoms with E-state index in [0.717, 1.165) is 54.7 Å². The lowest BCUT2D eigenvalue weighted by Crippen LogP contribution is -2.20. The minimum Gasteiger partial charge on any atom is -0.249 e. The Hall–Kier alpha value is -5.42. The van der Waals surface area contributed by atoms with Crippen LogP contribution in [0.5, 0.6) is 0 Å². The van der Waals surface area contributed by atoms with Crippen molar-refractivity contribution in [3.05, 3.63) is 240 Å². The van der Waals surface area contributed by atoms with Crippen LogP contribution < -0.4 is 0 Å². The predicted octanol–water partition coefficient (Wildman–Crippen LogP) is 12.2. The number of hydrogen-bond donors (Lipinski definition) is 0. The Morgan fingerprint density at radius 2 is 0.537 bits per heavy atom. The molecule has 4 heteroatoms. The summed E-state index contributed by atoms with van der Waals surface area (Å²) in [5.74, 6) is 0. The Morgan fingerprint density at radius 1 is 0.333 bits per heavy atom. The first-order valence-electron chi connectivity index (χ1n) is 18.3. The summed E-state index contributed by atoms with van der Waals surface area (Å²) < 4.78 is 26.9. The van der Waals surface area contributed by atoms with Crippen molar-refractivity contribution in [2.24, 2.45) is 10.8 Å². The lowest BCUT2D eigenvalue weighted by atomic mass is 9.81. The van der Waals surface area contributed by atoms with Crippen LogP contribution in [0.4, 0.5) is 0 Å². The Labute approximate surface area is 325 Å². The maximum atomic E-state index is 13.4. The molecule has 54 heavy (non-hydrogen) atoms. The summed E-state index contributed by atoms with van der Waals surface area (Å²) in [7, 11) is -2.40. The summed E-state index contributed by atoms with van der Waals surface area (Å²) in [6.07, 6.45) is 10.5. The van der Waals surface area contributed by atoms with Crippen molar-refractivity contribution in [1.82, 2.24) is 0 Å². The lowest BCUT2D eigenvalue weighted by Gasteiger charge is -2.30. The molecule has 0 radical (unpaired) electrons. The van der Waals surface area contributed by atoms with Crippen molar-refractivity contribution >= 4 is 41.2 Å². The van der Waals surface area contributed by atoms with Gasteiger partial charge in [-0.15, -0.1) is 0 Å². The molecule has 0 spiro atoms. The zero-order valence-corrected chi connectivity index (χ0v) is 32.3. The molecule has 0 aromatic heterocycles. The van der Waals surface area contributed by atoms with Gasteiger partial charge in [-0.05, 0) is 46.2 Å². The van der Waals surface area contributed by atoms with Crippen LogP contribution in [0.3, 0.4) is 0 Å². The minimum absolute atomic E-state index is 0.203. The largest absolute Gasteiger partial charge is 0.249 e. The molecular formula is C50H44O2S2. The zero-order valence-electron chi connectivity index (χ0n) is 30.7. The summed E-state index contributed by atoms with van der Waals surface area (Å²) in [6, 6.07) is 61.3. The van der Waals surface area contributed by atoms with Crippen molar-refractivity contribution in [2.45, 2.75) is 26.7 Å². The molecule has 6 aromatic carbocycles. The fourth-order valence-corrected chi connectivity index (χ4v) is 10.6. The third-order valence-electron chi connectivity index (χ3n) is 9.73. The van der Waals surface area contributed by atoms with Crippen molar-refractivity contribution in [3.63, 3.8) is 0 Å². The summed E-state index contributed by atoms with van der Waals surface area (Å²) in [6.45, 7) is 4.45. The fraction of sp³-hybridized carbons (Fsp3) is 0.120. The smallest absolute Gasteiger partial charge is 0.0855 e. The Morgan fingerprint density at radius 3 is 0.759 bits per heavy atom. The molecule has 2 aliphatic rings. The van der Waals surface area contributed by atoms with E-state index in [0.29, 0.717) is 0 Å². The van der Waals surface area contributed by atoms with Crippen LogP contribution in [-0.2, 0) is 34.4 Å². The van der Waals surface area contributed by atoms with Gasteiger partial charge in [0, 0.05) is 30.5 Å². The van der Waals surface area contributed by atoms with Crippen LogP contribution in [0, 0.1) is 10.8 Å². The standard InChI is InChI=1S/2C25H22OS/c2*1-25(17-20-11-5-2-6-12-20)18-23(21-13-7-3-8-14-21)27(26)24(19-25)22-15-9-4-10-16-22/h2*2-16,18-19H,17H2,1H3. The average Bonchev–Trinajstić information content (AvgIpc) is 3.22. The quantitative estimate of drug-likeness (QED) is 0.156. The first kappa shape index (κ1) is 36.9. The monoisotopic (exact) mass is 740 g/mol. The molecule has 268 valence electrons. The molecule has 0 saturated carbocycles. The van der Waals surface area contributed by atoms with Gasteiger partial charge in [-0.3, -0.25) is 0 Å². The van der Waals surface area contributed by atoms with Gasteiger partial charge >= 0.3 is 0 Å². The van der Waals surface area contributed by atoms with Crippen molar-refractivity contribution < 1.29 is 8.42 Å². The Balaban J connectivity index is 0.000000167. The van der Waals surface area contributed by atoms with Crippen LogP contribution >= 0.6 is 0 Å². The van der Waals surface area contributed by atoms with Crippen LogP contribution in [0.1, 0.15) is 47.2 Å². The molecule has 0 fully saturated rings. The van der Waals surface area contributed by atoms with Crippen molar-refractivity contribution in [1.29, 1.82) is 0 Å². The van der Waals surface area contributed by atoms with Gasteiger partial charge in [0.2, 0.25) is 0 Å². The molecular weight excluding hydrogens is 697 g/mol. The van der Waals surface area contributed by atoms with E-state index in [1.54, 1.807) is 0 Å². The summed E-state index contributed by atoms with van der Waals surface area (Å²) >= 11 is 0. The number of hydrogen-bond acceptors (Lipinski definition) is 2. The van der Waals surface area contributed by atoms with E-state index in [9.17, 15) is 8.42 Å². The summed E-state index contributed by atoms with van der Waals surface area (Å²) in [5.41, 5.74) is 6.25. The molecule has 0 amide bonds. The third-order valence-corrected chi connectivity index (χ3v) is 12.7. The number of rotatable bonds is 8. The van der Waals surface area contributed by atoms with E-state index in [-0.39, 0.29) is 10.8 Å². The van der Waals surface area contributed by atoms with Gasteiger partial charge in [0.1, 0.15) is 0 Å². The third kappa shape index (κ3) is 8.85. The number of allylic oxidation sites excluding steroid dienone is 4. The van der Waals surface area contributed by atoms with Gasteiger partial charge in [0.15, 0.2) is 0 Å². The molecule has 0 bridgehead atoms. The van der Waals surface area contributed by atoms with Gasteiger partial charge in [-0.25, -0.2) is 8.42 Å². The molecule has 2 aliphatic heterocycles. The highest BCUT2D eigenvalue weighted by Gasteiger charge is 2.32. The molecule has 2 nitrogen and oxygen atoms in total. The molecule has 2 heterocycles. The van der Waals surface area contributed by atoms with Crippen LogP contribution in [0.2, 0.25) is 0 Å². The topological polar surface area (TPSA) is 34.1 Å². The van der Waals surface area contributed by atoms with E-state index in [4.69, 9.17) is 0 Å². The highest BCUT2D eigenvalue weighted by atomic mass is 32.2. The second kappa shape index (κ2) is 16.7. The first-order valence-corrected chi connectivity index (χ1v) is 20.6. The van der Waals surface area contributed by atoms with Gasteiger partial charge in [-0.2, -0.15) is 0 Å². The molecule has 0 atom stereocenters. The molecule has 6 aromatic rings.